The molecule has 0 saturated carbocycles. The number of hydrogen-bond acceptors (Lipinski definition) is 2. The highest BCUT2D eigenvalue weighted by Gasteiger charge is 2.21. The molecule has 1 N–H and O–H groups in total. The van der Waals surface area contributed by atoms with Gasteiger partial charge in [0.2, 0.25) is 0 Å². The molecule has 0 aliphatic carbocycles. The van der Waals surface area contributed by atoms with Gasteiger partial charge in [0.05, 0.1) is 0 Å². The van der Waals surface area contributed by atoms with Crippen LogP contribution in [0.25, 0.3) is 0 Å². The van der Waals surface area contributed by atoms with Crippen molar-refractivity contribution in [3.8, 4) is 0 Å². The van der Waals surface area contributed by atoms with Crippen molar-refractivity contribution in [2.24, 2.45) is 5.41 Å². The lowest BCUT2D eigenvalue weighted by molar-refractivity contribution is 0.158. The number of nitrogens with one attached hydrogen (secondary N) is 1. The molecule has 1 atom stereocenters. The number of hydrogen-bond donors (Lipinski definition) is 1. The second kappa shape index (κ2) is 4.25. The topological polar surface area (TPSA) is 15.3 Å². The fourth-order valence-electron chi connectivity index (χ4n) is 1.81. The van der Waals surface area contributed by atoms with E-state index >= 15 is 0 Å². The lowest BCUT2D eigenvalue weighted by Gasteiger charge is -2.36. The third kappa shape index (κ3) is 3.92. The van der Waals surface area contributed by atoms with E-state index in [0.717, 1.165) is 13.1 Å². The summed E-state index contributed by atoms with van der Waals surface area (Å²) in [5.74, 6) is 0. The normalized spacial score (nSPS) is 25.9. The maximum Gasteiger partial charge on any atom is 0.0376 e. The van der Waals surface area contributed by atoms with E-state index in [4.69, 9.17) is 0 Å². The van der Waals surface area contributed by atoms with Crippen LogP contribution in [0, 0.1) is 5.41 Å². The number of nitrogens with zero attached hydrogens (tertiary/aromatic N) is 1. The van der Waals surface area contributed by atoms with Gasteiger partial charge in [-0.2, -0.15) is 0 Å². The summed E-state index contributed by atoms with van der Waals surface area (Å²) >= 11 is 0. The molecule has 1 saturated heterocycles. The predicted molar refractivity (Wildman–Crippen MR) is 57.9 cm³/mol. The van der Waals surface area contributed by atoms with Crippen LogP contribution in [-0.4, -0.2) is 37.1 Å². The summed E-state index contributed by atoms with van der Waals surface area (Å²) < 4.78 is 0. The van der Waals surface area contributed by atoms with Gasteiger partial charge in [0.1, 0.15) is 0 Å². The zero-order valence-corrected chi connectivity index (χ0v) is 9.14. The third-order valence-corrected chi connectivity index (χ3v) is 2.27. The summed E-state index contributed by atoms with van der Waals surface area (Å²) in [6, 6.07) is 0.482. The molecule has 0 aromatic heterocycles. The average molecular weight is 182 g/mol. The van der Waals surface area contributed by atoms with Crippen LogP contribution in [0.2, 0.25) is 0 Å². The maximum absolute atomic E-state index is 3.83. The number of rotatable bonds is 2. The van der Waals surface area contributed by atoms with Crippen LogP contribution in [0.15, 0.2) is 12.7 Å². The predicted octanol–water partition coefficient (Wildman–Crippen LogP) is 1.49. The largest absolute Gasteiger partial charge is 0.308 e. The third-order valence-electron chi connectivity index (χ3n) is 2.27. The highest BCUT2D eigenvalue weighted by Crippen LogP contribution is 2.16. The van der Waals surface area contributed by atoms with Crippen molar-refractivity contribution in [1.82, 2.24) is 10.2 Å². The molecule has 0 aromatic rings. The first-order valence-corrected chi connectivity index (χ1v) is 5.09. The first-order valence-electron chi connectivity index (χ1n) is 5.09. The van der Waals surface area contributed by atoms with Crippen molar-refractivity contribution in [2.75, 3.05) is 26.2 Å². The van der Waals surface area contributed by atoms with Crippen molar-refractivity contribution >= 4 is 0 Å². The molecule has 2 nitrogen and oxygen atoms in total. The van der Waals surface area contributed by atoms with Crippen molar-refractivity contribution in [1.29, 1.82) is 0 Å². The van der Waals surface area contributed by atoms with E-state index in [0.29, 0.717) is 11.5 Å². The maximum atomic E-state index is 3.83. The first-order chi connectivity index (χ1) is 6.01. The zero-order chi connectivity index (χ0) is 9.90. The van der Waals surface area contributed by atoms with E-state index in [2.05, 4.69) is 37.6 Å². The minimum Gasteiger partial charge on any atom is -0.308 e. The molecule has 0 bridgehead atoms. The summed E-state index contributed by atoms with van der Waals surface area (Å²) in [4.78, 5) is 2.52. The smallest absolute Gasteiger partial charge is 0.0376 e. The molecule has 2 heteroatoms. The van der Waals surface area contributed by atoms with E-state index in [-0.39, 0.29) is 0 Å². The Morgan fingerprint density at radius 1 is 1.54 bits per heavy atom. The van der Waals surface area contributed by atoms with Gasteiger partial charge >= 0.3 is 0 Å². The fourth-order valence-corrected chi connectivity index (χ4v) is 1.81. The highest BCUT2D eigenvalue weighted by atomic mass is 15.2. The van der Waals surface area contributed by atoms with E-state index < -0.39 is 0 Å². The summed E-state index contributed by atoms with van der Waals surface area (Å²) in [5, 5.41) is 3.42. The molecule has 1 aliphatic heterocycles. The summed E-state index contributed by atoms with van der Waals surface area (Å²) in [5.41, 5.74) is 0.406. The Morgan fingerprint density at radius 3 is 2.77 bits per heavy atom. The van der Waals surface area contributed by atoms with Crippen LogP contribution in [0.4, 0.5) is 0 Å². The van der Waals surface area contributed by atoms with Crippen molar-refractivity contribution in [3.05, 3.63) is 12.7 Å². The quantitative estimate of drug-likeness (QED) is 0.651. The summed E-state index contributed by atoms with van der Waals surface area (Å²) in [6.45, 7) is 15.2. The van der Waals surface area contributed by atoms with Gasteiger partial charge in [-0.1, -0.05) is 26.8 Å². The molecule has 0 aromatic carbocycles. The second-order valence-corrected chi connectivity index (χ2v) is 5.09. The van der Waals surface area contributed by atoms with Crippen molar-refractivity contribution in [2.45, 2.75) is 26.8 Å². The lowest BCUT2D eigenvalue weighted by atomic mass is 9.95. The lowest BCUT2D eigenvalue weighted by Crippen LogP contribution is -2.51. The SMILES string of the molecule is C=CC1CN(CC(C)(C)C)CCN1. The Kier molecular flexibility index (Phi) is 3.51. The molecule has 1 heterocycles. The fraction of sp³-hybridized carbons (Fsp3) is 0.818. The van der Waals surface area contributed by atoms with Crippen LogP contribution >= 0.6 is 0 Å². The molecule has 0 radical (unpaired) electrons. The van der Waals surface area contributed by atoms with Crippen LogP contribution in [0.1, 0.15) is 20.8 Å². The molecule has 76 valence electrons. The van der Waals surface area contributed by atoms with E-state index in [1.165, 1.54) is 13.1 Å². The molecule has 1 aliphatic rings. The van der Waals surface area contributed by atoms with Gasteiger partial charge in [-0.05, 0) is 5.41 Å². The zero-order valence-electron chi connectivity index (χ0n) is 9.14. The average Bonchev–Trinajstić information content (AvgIpc) is 2.01. The Labute approximate surface area is 82.0 Å². The van der Waals surface area contributed by atoms with Crippen molar-refractivity contribution in [3.63, 3.8) is 0 Å². The van der Waals surface area contributed by atoms with Gasteiger partial charge in [-0.3, -0.25) is 4.90 Å². The second-order valence-electron chi connectivity index (χ2n) is 5.09. The Morgan fingerprint density at radius 2 is 2.23 bits per heavy atom. The van der Waals surface area contributed by atoms with Gasteiger partial charge in [-0.25, -0.2) is 0 Å². The van der Waals surface area contributed by atoms with Crippen LogP contribution in [0.5, 0.6) is 0 Å². The molecule has 0 amide bonds. The first kappa shape index (κ1) is 10.7. The standard InChI is InChI=1S/C11H22N2/c1-5-10-8-13(7-6-12-10)9-11(2,3)4/h5,10,12H,1,6-9H2,2-4H3. The molecule has 1 rings (SSSR count). The van der Waals surface area contributed by atoms with E-state index in [1.807, 2.05) is 6.08 Å². The Hall–Kier alpha value is -0.340. The Bertz CT molecular complexity index is 169. The molecular weight excluding hydrogens is 160 g/mol. The molecule has 1 unspecified atom stereocenters. The minimum atomic E-state index is 0.406. The van der Waals surface area contributed by atoms with Crippen LogP contribution in [0.3, 0.4) is 0 Å². The minimum absolute atomic E-state index is 0.406. The summed E-state index contributed by atoms with van der Waals surface area (Å²) in [6.07, 6.45) is 2.01. The highest BCUT2D eigenvalue weighted by molar-refractivity contribution is 4.92. The van der Waals surface area contributed by atoms with Gasteiger partial charge in [-0.15, -0.1) is 6.58 Å². The summed E-state index contributed by atoms with van der Waals surface area (Å²) in [7, 11) is 0. The Balaban J connectivity index is 2.38. The van der Waals surface area contributed by atoms with Crippen molar-refractivity contribution < 1.29 is 0 Å². The molecular formula is C11H22N2. The van der Waals surface area contributed by atoms with Crippen LogP contribution in [-0.2, 0) is 0 Å². The molecule has 1 fully saturated rings. The van der Waals surface area contributed by atoms with Gasteiger partial charge < -0.3 is 5.32 Å². The number of piperazine rings is 1. The van der Waals surface area contributed by atoms with E-state index in [9.17, 15) is 0 Å². The van der Waals surface area contributed by atoms with Gasteiger partial charge in [0.25, 0.3) is 0 Å². The van der Waals surface area contributed by atoms with Crippen LogP contribution < -0.4 is 5.32 Å². The van der Waals surface area contributed by atoms with E-state index in [1.54, 1.807) is 0 Å². The van der Waals surface area contributed by atoms with Gasteiger partial charge in [0, 0.05) is 32.2 Å². The monoisotopic (exact) mass is 182 g/mol. The molecule has 0 spiro atoms. The molecule has 13 heavy (non-hydrogen) atoms. The van der Waals surface area contributed by atoms with Gasteiger partial charge in [0.15, 0.2) is 0 Å².